The van der Waals surface area contributed by atoms with Gasteiger partial charge >= 0.3 is 0 Å². The maximum Gasteiger partial charge on any atom is 0.107 e. The van der Waals surface area contributed by atoms with Crippen molar-refractivity contribution in [2.45, 2.75) is 31.9 Å². The van der Waals surface area contributed by atoms with Crippen molar-refractivity contribution in [2.24, 2.45) is 0 Å². The number of fused-ring (bicyclic) bond motifs is 1. The third kappa shape index (κ3) is 2.02. The number of para-hydroxylation sites is 1. The second kappa shape index (κ2) is 4.39. The summed E-state index contributed by atoms with van der Waals surface area (Å²) in [4.78, 5) is 0. The highest BCUT2D eigenvalue weighted by atomic mass is 16.3. The van der Waals surface area contributed by atoms with Crippen molar-refractivity contribution in [3.8, 4) is 0 Å². The molecule has 2 aromatic carbocycles. The van der Waals surface area contributed by atoms with Gasteiger partial charge in [0.2, 0.25) is 0 Å². The smallest absolute Gasteiger partial charge is 0.107 e. The lowest BCUT2D eigenvalue weighted by Crippen LogP contribution is -2.41. The second-order valence-electron chi connectivity index (χ2n) is 5.52. The lowest BCUT2D eigenvalue weighted by atomic mass is 9.84. The summed E-state index contributed by atoms with van der Waals surface area (Å²) < 4.78 is 0. The number of benzene rings is 2. The lowest BCUT2D eigenvalue weighted by Gasteiger charge is -2.32. The molecule has 0 fully saturated rings. The standard InChI is InChI=1S/C17H19NO/c1-12-7-3-5-9-14(12)17(2,19)16-11-13-8-4-6-10-15(13)18-16/h3-10,16,18-19H,11H2,1-2H3. The largest absolute Gasteiger partial charge is 0.383 e. The van der Waals surface area contributed by atoms with E-state index in [1.165, 1.54) is 5.56 Å². The molecule has 2 unspecified atom stereocenters. The SMILES string of the molecule is Cc1ccccc1C(C)(O)C1Cc2ccccc2N1. The van der Waals surface area contributed by atoms with Crippen molar-refractivity contribution < 1.29 is 5.11 Å². The highest BCUT2D eigenvalue weighted by molar-refractivity contribution is 5.58. The maximum absolute atomic E-state index is 11.0. The number of nitrogens with one attached hydrogen (secondary N) is 1. The van der Waals surface area contributed by atoms with Crippen LogP contribution in [0.25, 0.3) is 0 Å². The van der Waals surface area contributed by atoms with Crippen molar-refractivity contribution in [3.05, 3.63) is 65.2 Å². The van der Waals surface area contributed by atoms with Gasteiger partial charge in [0.05, 0.1) is 6.04 Å². The molecule has 1 aliphatic rings. The fraction of sp³-hybridized carbons (Fsp3) is 0.294. The van der Waals surface area contributed by atoms with Crippen LogP contribution in [0.4, 0.5) is 5.69 Å². The Balaban J connectivity index is 1.94. The van der Waals surface area contributed by atoms with E-state index < -0.39 is 5.60 Å². The molecular formula is C17H19NO. The minimum Gasteiger partial charge on any atom is -0.383 e. The highest BCUT2D eigenvalue weighted by Gasteiger charge is 2.38. The molecule has 0 saturated heterocycles. The van der Waals surface area contributed by atoms with Crippen molar-refractivity contribution in [3.63, 3.8) is 0 Å². The predicted octanol–water partition coefficient (Wildman–Crippen LogP) is 3.24. The quantitative estimate of drug-likeness (QED) is 0.861. The van der Waals surface area contributed by atoms with E-state index in [2.05, 4.69) is 17.4 Å². The molecular weight excluding hydrogens is 234 g/mol. The van der Waals surface area contributed by atoms with Gasteiger partial charge in [0.15, 0.2) is 0 Å². The zero-order valence-corrected chi connectivity index (χ0v) is 11.4. The van der Waals surface area contributed by atoms with Crippen LogP contribution in [0.3, 0.4) is 0 Å². The fourth-order valence-corrected chi connectivity index (χ4v) is 2.97. The first kappa shape index (κ1) is 12.2. The van der Waals surface area contributed by atoms with Crippen LogP contribution < -0.4 is 5.32 Å². The van der Waals surface area contributed by atoms with Gasteiger partial charge in [-0.1, -0.05) is 42.5 Å². The van der Waals surface area contributed by atoms with Crippen molar-refractivity contribution in [1.82, 2.24) is 0 Å². The third-order valence-corrected chi connectivity index (χ3v) is 4.14. The molecule has 2 N–H and O–H groups in total. The van der Waals surface area contributed by atoms with E-state index in [1.807, 2.05) is 50.2 Å². The van der Waals surface area contributed by atoms with Gasteiger partial charge in [-0.25, -0.2) is 0 Å². The molecule has 1 aliphatic heterocycles. The third-order valence-electron chi connectivity index (χ3n) is 4.14. The van der Waals surface area contributed by atoms with Gasteiger partial charge in [0.1, 0.15) is 5.60 Å². The Hall–Kier alpha value is -1.80. The Morgan fingerprint density at radius 1 is 1.11 bits per heavy atom. The Bertz CT molecular complexity index is 579. The molecule has 19 heavy (non-hydrogen) atoms. The van der Waals surface area contributed by atoms with Gasteiger partial charge < -0.3 is 10.4 Å². The first-order chi connectivity index (χ1) is 9.09. The van der Waals surface area contributed by atoms with Crippen LogP contribution in [0.15, 0.2) is 48.5 Å². The minimum absolute atomic E-state index is 0.0194. The summed E-state index contributed by atoms with van der Waals surface area (Å²) in [6, 6.07) is 16.3. The summed E-state index contributed by atoms with van der Waals surface area (Å²) in [6.07, 6.45) is 0.859. The van der Waals surface area contributed by atoms with Crippen molar-refractivity contribution in [2.75, 3.05) is 5.32 Å². The van der Waals surface area contributed by atoms with Crippen LogP contribution in [-0.4, -0.2) is 11.1 Å². The molecule has 0 aromatic heterocycles. The maximum atomic E-state index is 11.0. The molecule has 0 bridgehead atoms. The highest BCUT2D eigenvalue weighted by Crippen LogP contribution is 2.36. The van der Waals surface area contributed by atoms with E-state index in [1.54, 1.807) is 0 Å². The average molecular weight is 253 g/mol. The van der Waals surface area contributed by atoms with E-state index >= 15 is 0 Å². The molecule has 0 spiro atoms. The summed E-state index contributed by atoms with van der Waals surface area (Å²) in [7, 11) is 0. The molecule has 2 heteroatoms. The summed E-state index contributed by atoms with van der Waals surface area (Å²) in [5.74, 6) is 0. The van der Waals surface area contributed by atoms with Crippen LogP contribution in [0.5, 0.6) is 0 Å². The van der Waals surface area contributed by atoms with E-state index in [4.69, 9.17) is 0 Å². The number of hydrogen-bond donors (Lipinski definition) is 2. The molecule has 0 aliphatic carbocycles. The molecule has 0 amide bonds. The van der Waals surface area contributed by atoms with E-state index in [-0.39, 0.29) is 6.04 Å². The molecule has 0 radical (unpaired) electrons. The van der Waals surface area contributed by atoms with Crippen LogP contribution in [-0.2, 0) is 12.0 Å². The average Bonchev–Trinajstić information content (AvgIpc) is 2.83. The van der Waals surface area contributed by atoms with Gasteiger partial charge in [-0.05, 0) is 43.0 Å². The molecule has 2 nitrogen and oxygen atoms in total. The number of anilines is 1. The van der Waals surface area contributed by atoms with Crippen LogP contribution in [0.2, 0.25) is 0 Å². The lowest BCUT2D eigenvalue weighted by molar-refractivity contribution is 0.0375. The minimum atomic E-state index is -0.871. The zero-order chi connectivity index (χ0) is 13.5. The van der Waals surface area contributed by atoms with E-state index in [0.29, 0.717) is 0 Å². The topological polar surface area (TPSA) is 32.3 Å². The Kier molecular flexibility index (Phi) is 2.83. The van der Waals surface area contributed by atoms with Crippen molar-refractivity contribution in [1.29, 1.82) is 0 Å². The van der Waals surface area contributed by atoms with Gasteiger partial charge in [-0.3, -0.25) is 0 Å². The Morgan fingerprint density at radius 3 is 2.53 bits per heavy atom. The Morgan fingerprint density at radius 2 is 1.79 bits per heavy atom. The van der Waals surface area contributed by atoms with E-state index in [9.17, 15) is 5.11 Å². The summed E-state index contributed by atoms with van der Waals surface area (Å²) in [6.45, 7) is 3.95. The molecule has 2 atom stereocenters. The molecule has 1 heterocycles. The van der Waals surface area contributed by atoms with Crippen LogP contribution in [0, 0.1) is 6.92 Å². The molecule has 3 rings (SSSR count). The van der Waals surface area contributed by atoms with Crippen LogP contribution in [0.1, 0.15) is 23.6 Å². The van der Waals surface area contributed by atoms with Crippen molar-refractivity contribution >= 4 is 5.69 Å². The van der Waals surface area contributed by atoms with E-state index in [0.717, 1.165) is 23.2 Å². The normalized spacial score (nSPS) is 20.5. The number of aryl methyl sites for hydroxylation is 1. The molecule has 0 saturated carbocycles. The predicted molar refractivity (Wildman–Crippen MR) is 78.3 cm³/mol. The van der Waals surface area contributed by atoms with Gasteiger partial charge in [0.25, 0.3) is 0 Å². The first-order valence-electron chi connectivity index (χ1n) is 6.72. The monoisotopic (exact) mass is 253 g/mol. The number of rotatable bonds is 2. The summed E-state index contributed by atoms with van der Waals surface area (Å²) in [5.41, 5.74) is 3.68. The van der Waals surface area contributed by atoms with Gasteiger partial charge in [0, 0.05) is 5.69 Å². The summed E-state index contributed by atoms with van der Waals surface area (Å²) in [5, 5.41) is 14.4. The van der Waals surface area contributed by atoms with Crippen LogP contribution >= 0.6 is 0 Å². The zero-order valence-electron chi connectivity index (χ0n) is 11.4. The number of hydrogen-bond acceptors (Lipinski definition) is 2. The van der Waals surface area contributed by atoms with Gasteiger partial charge in [-0.2, -0.15) is 0 Å². The number of aliphatic hydroxyl groups is 1. The first-order valence-corrected chi connectivity index (χ1v) is 6.72. The fourth-order valence-electron chi connectivity index (χ4n) is 2.97. The Labute approximate surface area is 114 Å². The van der Waals surface area contributed by atoms with Gasteiger partial charge in [-0.15, -0.1) is 0 Å². The summed E-state index contributed by atoms with van der Waals surface area (Å²) >= 11 is 0. The molecule has 98 valence electrons. The molecule has 2 aromatic rings. The second-order valence-corrected chi connectivity index (χ2v) is 5.52.